The van der Waals surface area contributed by atoms with Crippen molar-refractivity contribution in [3.63, 3.8) is 0 Å². The number of anilines is 1. The van der Waals surface area contributed by atoms with Gasteiger partial charge in [0.25, 0.3) is 5.91 Å². The van der Waals surface area contributed by atoms with Crippen LogP contribution in [-0.2, 0) is 16.1 Å². The molecule has 2 heterocycles. The van der Waals surface area contributed by atoms with Crippen LogP contribution in [0.3, 0.4) is 0 Å². The molecule has 2 atom stereocenters. The Kier molecular flexibility index (Phi) is 3.84. The van der Waals surface area contributed by atoms with Crippen LogP contribution in [0.5, 0.6) is 0 Å². The Morgan fingerprint density at radius 2 is 2.38 bits per heavy atom. The fourth-order valence-corrected chi connectivity index (χ4v) is 2.62. The first-order valence-electron chi connectivity index (χ1n) is 7.29. The van der Waals surface area contributed by atoms with Gasteiger partial charge < -0.3 is 15.4 Å². The quantitative estimate of drug-likeness (QED) is 0.822. The molecule has 1 aromatic rings. The monoisotopic (exact) mass is 288 g/mol. The second kappa shape index (κ2) is 5.78. The van der Waals surface area contributed by atoms with E-state index in [0.29, 0.717) is 24.8 Å². The summed E-state index contributed by atoms with van der Waals surface area (Å²) in [4.78, 5) is 14.1. The molecule has 21 heavy (non-hydrogen) atoms. The lowest BCUT2D eigenvalue weighted by molar-refractivity contribution is -0.126. The van der Waals surface area contributed by atoms with Crippen LogP contribution < -0.4 is 5.73 Å². The summed E-state index contributed by atoms with van der Waals surface area (Å²) in [6, 6.07) is 1.80. The molecule has 0 radical (unpaired) electrons. The summed E-state index contributed by atoms with van der Waals surface area (Å²) in [5.41, 5.74) is 5.63. The number of nitrogen functional groups attached to an aromatic ring is 1. The lowest BCUT2D eigenvalue weighted by Crippen LogP contribution is -2.37. The summed E-state index contributed by atoms with van der Waals surface area (Å²) in [5, 5.41) is 4.18. The molecule has 6 heteroatoms. The second-order valence-electron chi connectivity index (χ2n) is 5.71. The molecule has 0 unspecified atom stereocenters. The Bertz CT molecular complexity index is 582. The van der Waals surface area contributed by atoms with Gasteiger partial charge in [0.2, 0.25) is 0 Å². The summed E-state index contributed by atoms with van der Waals surface area (Å²) in [5.74, 6) is 6.62. The maximum Gasteiger partial charge on any atom is 0.298 e. The summed E-state index contributed by atoms with van der Waals surface area (Å²) < 4.78 is 7.18. The number of rotatable bonds is 3. The van der Waals surface area contributed by atoms with E-state index in [1.807, 2.05) is 6.20 Å². The van der Waals surface area contributed by atoms with E-state index in [9.17, 15) is 4.79 Å². The molecule has 2 N–H and O–H groups in total. The van der Waals surface area contributed by atoms with Gasteiger partial charge in [0.05, 0.1) is 18.7 Å². The van der Waals surface area contributed by atoms with Crippen molar-refractivity contribution in [2.24, 2.45) is 5.92 Å². The molecule has 1 aliphatic carbocycles. The van der Waals surface area contributed by atoms with Crippen LogP contribution in [0.15, 0.2) is 12.3 Å². The minimum atomic E-state index is -0.105. The minimum Gasteiger partial charge on any atom is -0.382 e. The van der Waals surface area contributed by atoms with Gasteiger partial charge in [-0.1, -0.05) is 5.92 Å². The number of ether oxygens (including phenoxy) is 1. The molecule has 6 nitrogen and oxygen atoms in total. The van der Waals surface area contributed by atoms with Crippen molar-refractivity contribution in [3.8, 4) is 11.8 Å². The molecule has 1 saturated heterocycles. The third-order valence-electron chi connectivity index (χ3n) is 3.99. The number of nitrogens with two attached hydrogens (primary N) is 1. The number of carbonyl (C=O) groups excluding carboxylic acids is 1. The van der Waals surface area contributed by atoms with Crippen molar-refractivity contribution in [2.75, 3.05) is 19.4 Å². The van der Waals surface area contributed by atoms with Gasteiger partial charge in [-0.25, -0.2) is 0 Å². The van der Waals surface area contributed by atoms with Crippen LogP contribution in [0.4, 0.5) is 5.82 Å². The number of amides is 1. The molecule has 0 spiro atoms. The molecule has 2 fully saturated rings. The number of hydrogen-bond donors (Lipinski definition) is 1. The largest absolute Gasteiger partial charge is 0.382 e. The van der Waals surface area contributed by atoms with Gasteiger partial charge in [0, 0.05) is 25.8 Å². The van der Waals surface area contributed by atoms with Gasteiger partial charge >= 0.3 is 0 Å². The molecule has 2 aliphatic rings. The standard InChI is InChI=1S/C15H20N4O2/c1-21-13-8-12(9-18-7-6-14(16)17-18)19(10-13)15(20)5-4-11-2-3-11/h6-7,11-13H,2-3,8-10H2,1H3,(H2,16,17)/t12-,13+/m0/s1. The number of carbonyl (C=O) groups is 1. The predicted molar refractivity (Wildman–Crippen MR) is 78.1 cm³/mol. The van der Waals surface area contributed by atoms with E-state index in [-0.39, 0.29) is 18.1 Å². The van der Waals surface area contributed by atoms with E-state index in [1.165, 1.54) is 0 Å². The topological polar surface area (TPSA) is 73.4 Å². The van der Waals surface area contributed by atoms with E-state index >= 15 is 0 Å². The molecule has 1 saturated carbocycles. The molecular weight excluding hydrogens is 268 g/mol. The van der Waals surface area contributed by atoms with Crippen molar-refractivity contribution in [2.45, 2.75) is 38.0 Å². The van der Waals surface area contributed by atoms with Crippen LogP contribution in [0.25, 0.3) is 0 Å². The maximum absolute atomic E-state index is 12.3. The molecule has 0 aromatic carbocycles. The number of likely N-dealkylation sites (tertiary alicyclic amines) is 1. The molecule has 1 aliphatic heterocycles. The Hall–Kier alpha value is -2.00. The average Bonchev–Trinajstić information content (AvgIpc) is 3.08. The highest BCUT2D eigenvalue weighted by molar-refractivity contribution is 5.94. The normalized spacial score (nSPS) is 24.7. The zero-order valence-corrected chi connectivity index (χ0v) is 12.2. The number of methoxy groups -OCH3 is 1. The fraction of sp³-hybridized carbons (Fsp3) is 0.600. The van der Waals surface area contributed by atoms with E-state index in [1.54, 1.807) is 22.8 Å². The van der Waals surface area contributed by atoms with Gasteiger partial charge in [-0.05, 0) is 31.2 Å². The van der Waals surface area contributed by atoms with Gasteiger partial charge in [0.1, 0.15) is 5.82 Å². The SMILES string of the molecule is CO[C@@H]1C[C@@H](Cn2ccc(N)n2)N(C(=O)C#CC2CC2)C1. The van der Waals surface area contributed by atoms with E-state index in [2.05, 4.69) is 16.9 Å². The Morgan fingerprint density at radius 1 is 1.57 bits per heavy atom. The van der Waals surface area contributed by atoms with Gasteiger partial charge in [0.15, 0.2) is 0 Å². The Balaban J connectivity index is 1.69. The Labute approximate surface area is 124 Å². The van der Waals surface area contributed by atoms with Crippen LogP contribution >= 0.6 is 0 Å². The van der Waals surface area contributed by atoms with Gasteiger partial charge in [-0.2, -0.15) is 5.10 Å². The minimum absolute atomic E-state index is 0.0512. The number of nitrogens with zero attached hydrogens (tertiary/aromatic N) is 3. The zero-order chi connectivity index (χ0) is 14.8. The second-order valence-corrected chi connectivity index (χ2v) is 5.71. The lowest BCUT2D eigenvalue weighted by atomic mass is 10.2. The van der Waals surface area contributed by atoms with Crippen LogP contribution in [0, 0.1) is 17.8 Å². The maximum atomic E-state index is 12.3. The first-order chi connectivity index (χ1) is 10.2. The molecule has 1 aromatic heterocycles. The summed E-state index contributed by atoms with van der Waals surface area (Å²) >= 11 is 0. The van der Waals surface area contributed by atoms with Gasteiger partial charge in [-0.15, -0.1) is 0 Å². The van der Waals surface area contributed by atoms with Crippen molar-refractivity contribution in [1.29, 1.82) is 0 Å². The highest BCUT2D eigenvalue weighted by Gasteiger charge is 2.35. The van der Waals surface area contributed by atoms with E-state index in [4.69, 9.17) is 10.5 Å². The summed E-state index contributed by atoms with van der Waals surface area (Å²) in [7, 11) is 1.68. The van der Waals surface area contributed by atoms with Crippen LogP contribution in [-0.4, -0.2) is 46.4 Å². The van der Waals surface area contributed by atoms with Crippen molar-refractivity contribution < 1.29 is 9.53 Å². The van der Waals surface area contributed by atoms with Crippen molar-refractivity contribution in [1.82, 2.24) is 14.7 Å². The van der Waals surface area contributed by atoms with E-state index < -0.39 is 0 Å². The van der Waals surface area contributed by atoms with Crippen LogP contribution in [0.2, 0.25) is 0 Å². The summed E-state index contributed by atoms with van der Waals surface area (Å²) in [6.45, 7) is 1.21. The number of aromatic nitrogens is 2. The van der Waals surface area contributed by atoms with Crippen molar-refractivity contribution >= 4 is 11.7 Å². The van der Waals surface area contributed by atoms with Crippen LogP contribution in [0.1, 0.15) is 19.3 Å². The average molecular weight is 288 g/mol. The molecule has 0 bridgehead atoms. The highest BCUT2D eigenvalue weighted by Crippen LogP contribution is 2.27. The number of hydrogen-bond acceptors (Lipinski definition) is 4. The highest BCUT2D eigenvalue weighted by atomic mass is 16.5. The smallest absolute Gasteiger partial charge is 0.298 e. The predicted octanol–water partition coefficient (Wildman–Crippen LogP) is 0.495. The fourth-order valence-electron chi connectivity index (χ4n) is 2.62. The third-order valence-corrected chi connectivity index (χ3v) is 3.99. The lowest BCUT2D eigenvalue weighted by Gasteiger charge is -2.21. The van der Waals surface area contributed by atoms with Gasteiger partial charge in [-0.3, -0.25) is 9.48 Å². The molecule has 3 rings (SSSR count). The molecular formula is C15H20N4O2. The first-order valence-corrected chi connectivity index (χ1v) is 7.29. The summed E-state index contributed by atoms with van der Waals surface area (Å²) in [6.07, 6.45) is 4.93. The Morgan fingerprint density at radius 3 is 3.00 bits per heavy atom. The van der Waals surface area contributed by atoms with Crippen molar-refractivity contribution in [3.05, 3.63) is 12.3 Å². The first kappa shape index (κ1) is 14.0. The third kappa shape index (κ3) is 3.37. The molecule has 1 amide bonds. The zero-order valence-electron chi connectivity index (χ0n) is 12.2. The molecule has 112 valence electrons. The van der Waals surface area contributed by atoms with E-state index in [0.717, 1.165) is 19.3 Å².